The van der Waals surface area contributed by atoms with E-state index in [0.29, 0.717) is 0 Å². The van der Waals surface area contributed by atoms with Crippen LogP contribution in [0.3, 0.4) is 0 Å². The van der Waals surface area contributed by atoms with Crippen LogP contribution in [0, 0.1) is 0 Å². The molecule has 78 valence electrons. The topological polar surface area (TPSA) is 118 Å². The van der Waals surface area contributed by atoms with Crippen molar-refractivity contribution in [2.75, 3.05) is 0 Å². The molecule has 0 aromatic carbocycles. The van der Waals surface area contributed by atoms with E-state index in [1.54, 1.807) is 0 Å². The predicted molar refractivity (Wildman–Crippen MR) is 44.0 cm³/mol. The molecular weight excluding hydrogens is 224 g/mol. The van der Waals surface area contributed by atoms with Gasteiger partial charge in [0.2, 0.25) is 0 Å². The van der Waals surface area contributed by atoms with Crippen molar-refractivity contribution >= 4 is 32.2 Å². The summed E-state index contributed by atoms with van der Waals surface area (Å²) in [6, 6.07) is 0. The van der Waals surface area contributed by atoms with Gasteiger partial charge in [0.05, 0.1) is 0 Å². The van der Waals surface area contributed by atoms with Gasteiger partial charge in [-0.2, -0.15) is 0 Å². The highest BCUT2D eigenvalue weighted by Gasteiger charge is 1.95. The van der Waals surface area contributed by atoms with Crippen molar-refractivity contribution in [2.45, 2.75) is 13.8 Å². The molecule has 0 amide bonds. The zero-order valence-corrected chi connectivity index (χ0v) is 8.39. The highest BCUT2D eigenvalue weighted by atomic mass is 33.2. The third-order valence-corrected chi connectivity index (χ3v) is 1.39. The minimum atomic E-state index is -2.59. The molecule has 0 aromatic heterocycles. The van der Waals surface area contributed by atoms with Crippen LogP contribution >= 0.6 is 0 Å². The van der Waals surface area contributed by atoms with Gasteiger partial charge in [-0.15, -0.1) is 0 Å². The van der Waals surface area contributed by atoms with E-state index in [2.05, 4.69) is 4.74 Å². The average molecular weight is 232 g/mol. The third kappa shape index (κ3) is 18.4. The molecule has 2 atom stereocenters. The maximum absolute atomic E-state index is 9.81. The second-order valence-electron chi connectivity index (χ2n) is 1.52. The molecule has 2 unspecified atom stereocenters. The van der Waals surface area contributed by atoms with E-state index in [1.807, 2.05) is 0 Å². The maximum atomic E-state index is 9.81. The van der Waals surface area contributed by atoms with Gasteiger partial charge in [-0.3, -0.25) is 18.7 Å². The van der Waals surface area contributed by atoms with Crippen LogP contribution in [-0.4, -0.2) is 29.5 Å². The van der Waals surface area contributed by atoms with Crippen LogP contribution in [0.15, 0.2) is 0 Å². The number of esters is 2. The molecule has 9 heteroatoms. The molecule has 0 fully saturated rings. The summed E-state index contributed by atoms with van der Waals surface area (Å²) < 4.78 is 37.6. The number of hydrogen-bond acceptors (Lipinski definition) is 5. The molecular formula is C4H8O7S2. The van der Waals surface area contributed by atoms with Gasteiger partial charge in [-0.1, -0.05) is 0 Å². The summed E-state index contributed by atoms with van der Waals surface area (Å²) in [6.07, 6.45) is 0. The first-order valence-electron chi connectivity index (χ1n) is 2.68. The van der Waals surface area contributed by atoms with E-state index in [4.69, 9.17) is 9.11 Å². The van der Waals surface area contributed by atoms with Crippen LogP contribution in [0.25, 0.3) is 0 Å². The van der Waals surface area contributed by atoms with Crippen molar-refractivity contribution in [3.8, 4) is 0 Å². The normalized spacial score (nSPS) is 13.2. The number of carbonyl (C=O) groups is 2. The minimum Gasteiger partial charge on any atom is -0.394 e. The monoisotopic (exact) mass is 232 g/mol. The molecule has 13 heavy (non-hydrogen) atoms. The summed E-state index contributed by atoms with van der Waals surface area (Å²) in [7, 11) is -5.18. The Kier molecular flexibility index (Phi) is 9.12. The van der Waals surface area contributed by atoms with Crippen molar-refractivity contribution in [2.24, 2.45) is 0 Å². The first-order valence-corrected chi connectivity index (χ1v) is 5.41. The van der Waals surface area contributed by atoms with E-state index in [-0.39, 0.29) is 0 Å². The van der Waals surface area contributed by atoms with Gasteiger partial charge in [0.15, 0.2) is 0 Å². The Balaban J connectivity index is 0. The van der Waals surface area contributed by atoms with E-state index in [9.17, 15) is 18.0 Å². The summed E-state index contributed by atoms with van der Waals surface area (Å²) in [5.41, 5.74) is 0. The van der Waals surface area contributed by atoms with Crippen LogP contribution in [0.5, 0.6) is 0 Å². The van der Waals surface area contributed by atoms with E-state index >= 15 is 0 Å². The first kappa shape index (κ1) is 14.9. The van der Waals surface area contributed by atoms with Crippen LogP contribution in [-0.2, 0) is 34.6 Å². The van der Waals surface area contributed by atoms with Gasteiger partial charge >= 0.3 is 11.9 Å². The summed E-state index contributed by atoms with van der Waals surface area (Å²) in [4.78, 5) is 19.6. The Morgan fingerprint density at radius 2 is 1.23 bits per heavy atom. The molecule has 0 bridgehead atoms. The average Bonchev–Trinajstić information content (AvgIpc) is 1.84. The van der Waals surface area contributed by atoms with Crippen LogP contribution in [0.4, 0.5) is 0 Å². The van der Waals surface area contributed by atoms with Crippen molar-refractivity contribution in [1.82, 2.24) is 0 Å². The van der Waals surface area contributed by atoms with E-state index in [1.165, 1.54) is 13.8 Å². The lowest BCUT2D eigenvalue weighted by Crippen LogP contribution is -2.03. The minimum absolute atomic E-state index is 0.562. The zero-order valence-electron chi connectivity index (χ0n) is 6.75. The Labute approximate surface area is 78.4 Å². The van der Waals surface area contributed by atoms with Crippen molar-refractivity contribution in [1.29, 1.82) is 0 Å². The lowest BCUT2D eigenvalue weighted by Gasteiger charge is -1.87. The van der Waals surface area contributed by atoms with Crippen molar-refractivity contribution in [3.05, 3.63) is 0 Å². The molecule has 0 heterocycles. The standard InChI is InChI=1S/C4H6O3.H2O4S2/c1-3(5)7-4(2)6;1-5(2)6(3)4/h1-2H3;(H,1,2)(H,3,4). The highest BCUT2D eigenvalue weighted by molar-refractivity contribution is 8.56. The Bertz CT molecular complexity index is 211. The molecule has 2 N–H and O–H groups in total. The number of rotatable bonds is 1. The fraction of sp³-hybridized carbons (Fsp3) is 0.500. The van der Waals surface area contributed by atoms with Crippen molar-refractivity contribution in [3.63, 3.8) is 0 Å². The number of carbonyl (C=O) groups excluding carboxylic acids is 2. The van der Waals surface area contributed by atoms with Gasteiger partial charge in [-0.05, 0) is 0 Å². The Morgan fingerprint density at radius 1 is 1.00 bits per heavy atom. The van der Waals surface area contributed by atoms with Crippen LogP contribution in [0.1, 0.15) is 13.8 Å². The van der Waals surface area contributed by atoms with Gasteiger partial charge in [0, 0.05) is 13.8 Å². The predicted octanol–water partition coefficient (Wildman–Crippen LogP) is -0.559. The van der Waals surface area contributed by atoms with Crippen LogP contribution in [0.2, 0.25) is 0 Å². The van der Waals surface area contributed by atoms with Gasteiger partial charge in [0.1, 0.15) is 0 Å². The van der Waals surface area contributed by atoms with Gasteiger partial charge < -0.3 is 4.74 Å². The lowest BCUT2D eigenvalue weighted by molar-refractivity contribution is -0.156. The molecule has 0 rings (SSSR count). The van der Waals surface area contributed by atoms with Gasteiger partial charge in [0.25, 0.3) is 20.2 Å². The summed E-state index contributed by atoms with van der Waals surface area (Å²) >= 11 is 0. The second kappa shape index (κ2) is 7.98. The molecule has 0 aromatic rings. The molecule has 0 aliphatic rings. The third-order valence-electron chi connectivity index (χ3n) is 0.409. The SMILES string of the molecule is CC(=O)OC(C)=O.O=S(O)S(=O)O. The summed E-state index contributed by atoms with van der Waals surface area (Å²) in [5, 5.41) is 0. The smallest absolute Gasteiger partial charge is 0.310 e. The lowest BCUT2D eigenvalue weighted by atomic mass is 10.7. The fourth-order valence-electron chi connectivity index (χ4n) is 0.202. The van der Waals surface area contributed by atoms with E-state index < -0.39 is 32.2 Å². The van der Waals surface area contributed by atoms with Crippen molar-refractivity contribution < 1.29 is 31.8 Å². The highest BCUT2D eigenvalue weighted by Crippen LogP contribution is 1.74. The number of hydrogen-bond donors (Lipinski definition) is 2. The first-order chi connectivity index (χ1) is 5.77. The Morgan fingerprint density at radius 3 is 1.23 bits per heavy atom. The number of ether oxygens (including phenoxy) is 1. The molecule has 0 radical (unpaired) electrons. The van der Waals surface area contributed by atoms with E-state index in [0.717, 1.165) is 0 Å². The second-order valence-corrected chi connectivity index (χ2v) is 4.10. The molecule has 0 aliphatic heterocycles. The Hall–Kier alpha value is -0.640. The quantitative estimate of drug-likeness (QED) is 0.269. The largest absolute Gasteiger partial charge is 0.394 e. The zero-order chi connectivity index (χ0) is 11.0. The fourth-order valence-corrected chi connectivity index (χ4v) is 0.202. The van der Waals surface area contributed by atoms with Crippen LogP contribution < -0.4 is 0 Å². The summed E-state index contributed by atoms with van der Waals surface area (Å²) in [6.45, 7) is 2.36. The maximum Gasteiger partial charge on any atom is 0.310 e. The van der Waals surface area contributed by atoms with Gasteiger partial charge in [-0.25, -0.2) is 8.42 Å². The molecule has 7 nitrogen and oxygen atoms in total. The summed E-state index contributed by atoms with van der Waals surface area (Å²) in [5.74, 6) is -1.12. The molecule has 0 saturated heterocycles. The molecule has 0 saturated carbocycles. The molecule has 0 aliphatic carbocycles. The molecule has 0 spiro atoms.